The van der Waals surface area contributed by atoms with Gasteiger partial charge in [0.25, 0.3) is 0 Å². The van der Waals surface area contributed by atoms with Crippen LogP contribution in [0.15, 0.2) is 0 Å². The highest BCUT2D eigenvalue weighted by atomic mass is 35.6. The maximum absolute atomic E-state index is 11.9. The van der Waals surface area contributed by atoms with Gasteiger partial charge >= 0.3 is 6.18 Å². The zero-order valence-electron chi connectivity index (χ0n) is 5.23. The molecule has 0 nitrogen and oxygen atoms in total. The highest BCUT2D eigenvalue weighted by molar-refractivity contribution is 6.68. The van der Waals surface area contributed by atoms with Crippen LogP contribution in [-0.4, -0.2) is 14.3 Å². The zero-order valence-corrected chi connectivity index (χ0v) is 9.01. The molecule has 0 aliphatic rings. The van der Waals surface area contributed by atoms with Crippen molar-refractivity contribution in [3.63, 3.8) is 0 Å². The van der Waals surface area contributed by atoms with E-state index in [1.807, 2.05) is 0 Å². The van der Waals surface area contributed by atoms with E-state index >= 15 is 0 Å². The average Bonchev–Trinajstić information content (AvgIpc) is 1.52. The summed E-state index contributed by atoms with van der Waals surface area (Å²) in [5, 5.41) is 0. The molecule has 0 aromatic heterocycles. The van der Waals surface area contributed by atoms with Gasteiger partial charge < -0.3 is 0 Å². The summed E-state index contributed by atoms with van der Waals surface area (Å²) in [6.45, 7) is 0. The van der Waals surface area contributed by atoms with E-state index in [1.165, 1.54) is 0 Å². The minimum Gasteiger partial charge on any atom is -0.168 e. The van der Waals surface area contributed by atoms with Crippen LogP contribution in [0.2, 0.25) is 0 Å². The van der Waals surface area contributed by atoms with Crippen molar-refractivity contribution in [3.05, 3.63) is 0 Å². The number of hydrogen-bond acceptors (Lipinski definition) is 0. The van der Waals surface area contributed by atoms with Crippen LogP contribution < -0.4 is 0 Å². The molecule has 0 saturated heterocycles. The summed E-state index contributed by atoms with van der Waals surface area (Å²) >= 11 is 25.0. The Labute approximate surface area is 91.8 Å². The Morgan fingerprint density at radius 1 is 0.833 bits per heavy atom. The third-order valence-corrected chi connectivity index (χ3v) is 1.93. The Hall–Kier alpha value is 1.24. The van der Waals surface area contributed by atoms with Gasteiger partial charge in [0.15, 0.2) is 3.79 Å². The lowest BCUT2D eigenvalue weighted by Gasteiger charge is -2.25. The first-order valence-corrected chi connectivity index (χ1v) is 4.36. The van der Waals surface area contributed by atoms with Crippen LogP contribution in [-0.2, 0) is 0 Å². The largest absolute Gasteiger partial charge is 0.421 e. The molecule has 0 aromatic rings. The summed E-state index contributed by atoms with van der Waals surface area (Å²) < 4.78 is 30.6. The second-order valence-electron chi connectivity index (χ2n) is 1.99. The molecule has 0 spiro atoms. The van der Waals surface area contributed by atoms with Crippen molar-refractivity contribution in [1.82, 2.24) is 0 Å². The Kier molecular flexibility index (Phi) is 4.16. The number of halogens is 8. The monoisotopic (exact) mass is 282 g/mol. The van der Waals surface area contributed by atoms with Crippen molar-refractivity contribution in [2.24, 2.45) is 0 Å². The highest BCUT2D eigenvalue weighted by Gasteiger charge is 2.55. The smallest absolute Gasteiger partial charge is 0.168 e. The van der Waals surface area contributed by atoms with Gasteiger partial charge in [0.2, 0.25) is 4.33 Å². The van der Waals surface area contributed by atoms with Crippen LogP contribution >= 0.6 is 58.0 Å². The van der Waals surface area contributed by atoms with Crippen molar-refractivity contribution in [1.29, 1.82) is 0 Å². The van der Waals surface area contributed by atoms with Crippen molar-refractivity contribution in [3.8, 4) is 0 Å². The lowest BCUT2D eigenvalue weighted by atomic mass is 10.3. The highest BCUT2D eigenvalue weighted by Crippen LogP contribution is 2.48. The molecule has 0 bridgehead atoms. The molecule has 8 heteroatoms. The molecule has 0 saturated carbocycles. The molecule has 0 aromatic carbocycles. The first kappa shape index (κ1) is 13.2. The van der Waals surface area contributed by atoms with E-state index in [-0.39, 0.29) is 0 Å². The van der Waals surface area contributed by atoms with Crippen molar-refractivity contribution in [2.45, 2.75) is 20.7 Å². The molecular formula is C4H2Cl5F3. The van der Waals surface area contributed by atoms with E-state index in [2.05, 4.69) is 0 Å². The fraction of sp³-hybridized carbons (Fsp3) is 1.00. The van der Waals surface area contributed by atoms with Gasteiger partial charge in [-0.2, -0.15) is 13.2 Å². The van der Waals surface area contributed by atoms with Gasteiger partial charge in [0.1, 0.15) is 0 Å². The third-order valence-electron chi connectivity index (χ3n) is 0.837. The molecule has 0 aliphatic carbocycles. The van der Waals surface area contributed by atoms with Gasteiger partial charge in [-0.3, -0.25) is 0 Å². The standard InChI is InChI=1S/C4H2Cl5F3/c5-2(6,4(10,11)12)1-3(7,8)9/h1H2. The topological polar surface area (TPSA) is 0 Å². The second-order valence-corrected chi connectivity index (χ2v) is 5.99. The summed E-state index contributed by atoms with van der Waals surface area (Å²) in [6, 6.07) is 0. The Balaban J connectivity index is 4.44. The van der Waals surface area contributed by atoms with Gasteiger partial charge in [-0.1, -0.05) is 58.0 Å². The van der Waals surface area contributed by atoms with Crippen molar-refractivity contribution < 1.29 is 13.2 Å². The number of hydrogen-bond donors (Lipinski definition) is 0. The minimum absolute atomic E-state index is 1.02. The Morgan fingerprint density at radius 3 is 1.25 bits per heavy atom. The third kappa shape index (κ3) is 4.47. The average molecular weight is 284 g/mol. The summed E-state index contributed by atoms with van der Waals surface area (Å²) in [5.74, 6) is 0. The molecule has 12 heavy (non-hydrogen) atoms. The van der Waals surface area contributed by atoms with Crippen LogP contribution in [0.4, 0.5) is 13.2 Å². The first-order chi connectivity index (χ1) is 4.96. The predicted octanol–water partition coefficient (Wildman–Crippen LogP) is 4.48. The van der Waals surface area contributed by atoms with Crippen LogP contribution in [0.1, 0.15) is 6.42 Å². The van der Waals surface area contributed by atoms with Crippen LogP contribution in [0, 0.1) is 0 Å². The minimum atomic E-state index is -4.82. The lowest BCUT2D eigenvalue weighted by molar-refractivity contribution is -0.142. The molecule has 0 fully saturated rings. The van der Waals surface area contributed by atoms with Gasteiger partial charge in [0, 0.05) is 6.42 Å². The lowest BCUT2D eigenvalue weighted by Crippen LogP contribution is -2.37. The molecule has 0 N–H and O–H groups in total. The quantitative estimate of drug-likeness (QED) is 0.623. The van der Waals surface area contributed by atoms with Crippen molar-refractivity contribution >= 4 is 58.0 Å². The summed E-state index contributed by atoms with van der Waals surface area (Å²) in [5.41, 5.74) is 0. The number of rotatable bonds is 1. The molecule has 0 heterocycles. The van der Waals surface area contributed by atoms with E-state index in [0.29, 0.717) is 0 Å². The fourth-order valence-corrected chi connectivity index (χ4v) is 1.76. The number of alkyl halides is 8. The van der Waals surface area contributed by atoms with Gasteiger partial charge in [0.05, 0.1) is 0 Å². The molecule has 0 atom stereocenters. The molecular weight excluding hydrogens is 282 g/mol. The Bertz CT molecular complexity index is 157. The zero-order chi connectivity index (χ0) is 10.2. The molecule has 0 unspecified atom stereocenters. The molecule has 0 rings (SSSR count). The molecule has 0 amide bonds. The molecule has 0 aliphatic heterocycles. The maximum atomic E-state index is 11.9. The normalized spacial score (nSPS) is 15.0. The fourth-order valence-electron chi connectivity index (χ4n) is 0.352. The second kappa shape index (κ2) is 3.77. The van der Waals surface area contributed by atoms with Gasteiger partial charge in [-0.15, -0.1) is 0 Å². The molecule has 0 radical (unpaired) electrons. The van der Waals surface area contributed by atoms with Crippen LogP contribution in [0.3, 0.4) is 0 Å². The van der Waals surface area contributed by atoms with E-state index in [1.54, 1.807) is 0 Å². The van der Waals surface area contributed by atoms with Gasteiger partial charge in [-0.25, -0.2) is 0 Å². The first-order valence-electron chi connectivity index (χ1n) is 2.47. The van der Waals surface area contributed by atoms with Gasteiger partial charge in [-0.05, 0) is 0 Å². The SMILES string of the molecule is FC(F)(F)C(Cl)(Cl)CC(Cl)(Cl)Cl. The predicted molar refractivity (Wildman–Crippen MR) is 45.4 cm³/mol. The van der Waals surface area contributed by atoms with Crippen molar-refractivity contribution in [2.75, 3.05) is 0 Å². The van der Waals surface area contributed by atoms with Crippen LogP contribution in [0.25, 0.3) is 0 Å². The van der Waals surface area contributed by atoms with E-state index in [4.69, 9.17) is 58.0 Å². The summed E-state index contributed by atoms with van der Waals surface area (Å²) in [4.78, 5) is 0. The summed E-state index contributed by atoms with van der Waals surface area (Å²) in [7, 11) is 0. The van der Waals surface area contributed by atoms with Crippen LogP contribution in [0.5, 0.6) is 0 Å². The summed E-state index contributed by atoms with van der Waals surface area (Å²) in [6.07, 6.45) is -5.84. The molecule has 74 valence electrons. The Morgan fingerprint density at radius 2 is 1.17 bits per heavy atom. The maximum Gasteiger partial charge on any atom is 0.421 e. The van der Waals surface area contributed by atoms with E-state index in [9.17, 15) is 13.2 Å². The van der Waals surface area contributed by atoms with E-state index in [0.717, 1.165) is 0 Å². The van der Waals surface area contributed by atoms with E-state index < -0.39 is 20.7 Å².